The fraction of sp³-hybridized carbons (Fsp3) is 0.0588. The van der Waals surface area contributed by atoms with Crippen LogP contribution in [0, 0.1) is 0 Å². The Morgan fingerprint density at radius 3 is 2.35 bits per heavy atom. The fourth-order valence-electron chi connectivity index (χ4n) is 2.05. The average Bonchev–Trinajstić information content (AvgIpc) is 3.05. The van der Waals surface area contributed by atoms with Gasteiger partial charge in [-0.05, 0) is 5.56 Å². The van der Waals surface area contributed by atoms with E-state index in [-0.39, 0.29) is 0 Å². The molecule has 1 N–H and O–H groups in total. The molecule has 0 aliphatic carbocycles. The zero-order chi connectivity index (χ0) is 16.1. The van der Waals surface area contributed by atoms with E-state index in [1.54, 1.807) is 24.3 Å². The number of carboxylic acids is 1. The van der Waals surface area contributed by atoms with E-state index in [2.05, 4.69) is 15.2 Å². The van der Waals surface area contributed by atoms with Gasteiger partial charge < -0.3 is 5.11 Å². The van der Waals surface area contributed by atoms with Crippen LogP contribution in [0.25, 0.3) is 11.3 Å². The number of hydrogen-bond donors (Lipinski definition) is 1. The Balaban J connectivity index is 1.82. The molecule has 3 aromatic rings. The number of rotatable bonds is 5. The second kappa shape index (κ2) is 6.93. The van der Waals surface area contributed by atoms with Gasteiger partial charge in [0, 0.05) is 10.9 Å². The third-order valence-electron chi connectivity index (χ3n) is 3.17. The Hall–Kier alpha value is -2.86. The van der Waals surface area contributed by atoms with Crippen LogP contribution in [-0.2, 0) is 4.79 Å². The standard InChI is InChI=1S/C17H13N3O2S/c21-16(22)15(13-9-5-2-6-10-13)19-20-17-18-14(11-23-17)12-7-3-1-4-8-12/h1-11,15H,(H,21,22). The summed E-state index contributed by atoms with van der Waals surface area (Å²) in [6, 6.07) is 17.5. The normalized spacial score (nSPS) is 12.3. The highest BCUT2D eigenvalue weighted by molar-refractivity contribution is 7.13. The summed E-state index contributed by atoms with van der Waals surface area (Å²) in [6.07, 6.45) is 0. The summed E-state index contributed by atoms with van der Waals surface area (Å²) < 4.78 is 0. The molecule has 0 aliphatic rings. The largest absolute Gasteiger partial charge is 0.479 e. The van der Waals surface area contributed by atoms with Gasteiger partial charge in [0.25, 0.3) is 0 Å². The second-order valence-electron chi connectivity index (χ2n) is 4.75. The van der Waals surface area contributed by atoms with Gasteiger partial charge in [-0.2, -0.15) is 5.11 Å². The van der Waals surface area contributed by atoms with Gasteiger partial charge in [0.15, 0.2) is 6.04 Å². The van der Waals surface area contributed by atoms with Gasteiger partial charge in [0.2, 0.25) is 5.13 Å². The van der Waals surface area contributed by atoms with Crippen LogP contribution in [-0.4, -0.2) is 16.1 Å². The zero-order valence-electron chi connectivity index (χ0n) is 12.0. The number of hydrogen-bond acceptors (Lipinski definition) is 5. The van der Waals surface area contributed by atoms with Crippen molar-refractivity contribution in [1.29, 1.82) is 0 Å². The molecule has 0 bridgehead atoms. The molecule has 1 heterocycles. The van der Waals surface area contributed by atoms with Crippen molar-refractivity contribution >= 4 is 22.4 Å². The molecular weight excluding hydrogens is 310 g/mol. The van der Waals surface area contributed by atoms with Crippen LogP contribution >= 0.6 is 11.3 Å². The molecule has 0 saturated carbocycles. The lowest BCUT2D eigenvalue weighted by molar-refractivity contribution is -0.138. The molecular formula is C17H13N3O2S. The predicted octanol–water partition coefficient (Wildman–Crippen LogP) is 4.72. The maximum Gasteiger partial charge on any atom is 0.335 e. The van der Waals surface area contributed by atoms with E-state index in [9.17, 15) is 9.90 Å². The molecule has 0 amide bonds. The topological polar surface area (TPSA) is 74.9 Å². The SMILES string of the molecule is O=C(O)C(N=Nc1nc(-c2ccccc2)cs1)c1ccccc1. The lowest BCUT2D eigenvalue weighted by Crippen LogP contribution is -2.08. The molecule has 0 spiro atoms. The maximum atomic E-state index is 11.4. The molecule has 1 unspecified atom stereocenters. The Labute approximate surface area is 137 Å². The summed E-state index contributed by atoms with van der Waals surface area (Å²) in [5, 5.41) is 19.6. The number of azo groups is 1. The molecule has 1 aromatic heterocycles. The van der Waals surface area contributed by atoms with Gasteiger partial charge in [0.1, 0.15) is 0 Å². The summed E-state index contributed by atoms with van der Waals surface area (Å²) in [7, 11) is 0. The quantitative estimate of drug-likeness (QED) is 0.690. The van der Waals surface area contributed by atoms with E-state index in [1.165, 1.54) is 11.3 Å². The van der Waals surface area contributed by atoms with Gasteiger partial charge in [-0.15, -0.1) is 16.5 Å². The van der Waals surface area contributed by atoms with Crippen molar-refractivity contribution in [2.75, 3.05) is 0 Å². The smallest absolute Gasteiger partial charge is 0.335 e. The first-order chi connectivity index (χ1) is 11.2. The number of aromatic nitrogens is 1. The zero-order valence-corrected chi connectivity index (χ0v) is 12.9. The predicted molar refractivity (Wildman–Crippen MR) is 88.9 cm³/mol. The highest BCUT2D eigenvalue weighted by atomic mass is 32.1. The van der Waals surface area contributed by atoms with Crippen LogP contribution in [0.3, 0.4) is 0 Å². The Kier molecular flexibility index (Phi) is 4.54. The van der Waals surface area contributed by atoms with E-state index in [0.717, 1.165) is 11.3 Å². The van der Waals surface area contributed by atoms with E-state index < -0.39 is 12.0 Å². The molecule has 1 atom stereocenters. The van der Waals surface area contributed by atoms with Crippen molar-refractivity contribution in [2.45, 2.75) is 6.04 Å². The van der Waals surface area contributed by atoms with Crippen LogP contribution < -0.4 is 0 Å². The lowest BCUT2D eigenvalue weighted by Gasteiger charge is -2.05. The third kappa shape index (κ3) is 3.67. The van der Waals surface area contributed by atoms with Gasteiger partial charge in [0.05, 0.1) is 5.69 Å². The average molecular weight is 323 g/mol. The molecule has 0 radical (unpaired) electrons. The molecule has 5 nitrogen and oxygen atoms in total. The second-order valence-corrected chi connectivity index (χ2v) is 5.58. The number of benzene rings is 2. The van der Waals surface area contributed by atoms with Crippen molar-refractivity contribution in [3.05, 3.63) is 71.6 Å². The van der Waals surface area contributed by atoms with Crippen molar-refractivity contribution in [2.24, 2.45) is 10.2 Å². The van der Waals surface area contributed by atoms with Crippen LogP contribution in [0.15, 0.2) is 76.3 Å². The number of nitrogens with zero attached hydrogens (tertiary/aromatic N) is 3. The van der Waals surface area contributed by atoms with Crippen molar-refractivity contribution in [1.82, 2.24) is 4.98 Å². The summed E-state index contributed by atoms with van der Waals surface area (Å²) >= 11 is 1.33. The minimum absolute atomic E-state index is 0.436. The number of carbonyl (C=O) groups is 1. The van der Waals surface area contributed by atoms with Gasteiger partial charge in [-0.3, -0.25) is 0 Å². The summed E-state index contributed by atoms with van der Waals surface area (Å²) in [5.74, 6) is -1.04. The molecule has 3 rings (SSSR count). The van der Waals surface area contributed by atoms with Gasteiger partial charge >= 0.3 is 5.97 Å². The first-order valence-corrected chi connectivity index (χ1v) is 7.81. The fourth-order valence-corrected chi connectivity index (χ4v) is 2.70. The number of aliphatic carboxylic acids is 1. The molecule has 2 aromatic carbocycles. The Morgan fingerprint density at radius 1 is 1.04 bits per heavy atom. The van der Waals surface area contributed by atoms with Gasteiger partial charge in [-0.25, -0.2) is 9.78 Å². The molecule has 0 fully saturated rings. The molecule has 6 heteroatoms. The Morgan fingerprint density at radius 2 is 1.70 bits per heavy atom. The molecule has 0 saturated heterocycles. The van der Waals surface area contributed by atoms with Gasteiger partial charge in [-0.1, -0.05) is 60.7 Å². The van der Waals surface area contributed by atoms with Crippen LogP contribution in [0.5, 0.6) is 0 Å². The molecule has 0 aliphatic heterocycles. The van der Waals surface area contributed by atoms with Crippen molar-refractivity contribution in [3.63, 3.8) is 0 Å². The van der Waals surface area contributed by atoms with Crippen molar-refractivity contribution in [3.8, 4) is 11.3 Å². The third-order valence-corrected chi connectivity index (χ3v) is 3.89. The minimum Gasteiger partial charge on any atom is -0.479 e. The highest BCUT2D eigenvalue weighted by Gasteiger charge is 2.18. The van der Waals surface area contributed by atoms with E-state index in [1.807, 2.05) is 41.8 Å². The number of carboxylic acid groups (broad SMARTS) is 1. The molecule has 23 heavy (non-hydrogen) atoms. The first-order valence-electron chi connectivity index (χ1n) is 6.93. The minimum atomic E-state index is -1.04. The van der Waals surface area contributed by atoms with Crippen LogP contribution in [0.2, 0.25) is 0 Å². The lowest BCUT2D eigenvalue weighted by atomic mass is 10.1. The van der Waals surface area contributed by atoms with Crippen LogP contribution in [0.4, 0.5) is 5.13 Å². The van der Waals surface area contributed by atoms with E-state index in [4.69, 9.17) is 0 Å². The number of thiazole rings is 1. The van der Waals surface area contributed by atoms with E-state index in [0.29, 0.717) is 10.7 Å². The maximum absolute atomic E-state index is 11.4. The molecule has 114 valence electrons. The summed E-state index contributed by atoms with van der Waals surface area (Å²) in [6.45, 7) is 0. The monoisotopic (exact) mass is 323 g/mol. The van der Waals surface area contributed by atoms with Crippen molar-refractivity contribution < 1.29 is 9.90 Å². The highest BCUT2D eigenvalue weighted by Crippen LogP contribution is 2.28. The van der Waals surface area contributed by atoms with E-state index >= 15 is 0 Å². The van der Waals surface area contributed by atoms with Crippen LogP contribution in [0.1, 0.15) is 11.6 Å². The Bertz CT molecular complexity index is 816. The first kappa shape index (κ1) is 15.1. The summed E-state index contributed by atoms with van der Waals surface area (Å²) in [5.41, 5.74) is 2.38. The summed E-state index contributed by atoms with van der Waals surface area (Å²) in [4.78, 5) is 15.7.